The van der Waals surface area contributed by atoms with Crippen LogP contribution in [0.25, 0.3) is 0 Å². The molecule has 1 aromatic carbocycles. The molecule has 0 N–H and O–H groups in total. The maximum atomic E-state index is 6.34. The molecule has 5 nitrogen and oxygen atoms in total. The number of halogens is 2. The molecule has 0 fully saturated rings. The summed E-state index contributed by atoms with van der Waals surface area (Å²) in [6.07, 6.45) is 3.07. The maximum Gasteiger partial charge on any atom is 0.216 e. The highest BCUT2D eigenvalue weighted by Crippen LogP contribution is 2.35. The lowest BCUT2D eigenvalue weighted by atomic mass is 10.1. The molecule has 0 saturated heterocycles. The Bertz CT molecular complexity index is 570. The number of ether oxygens (including phenoxy) is 2. The second kappa shape index (κ2) is 7.22. The zero-order valence-electron chi connectivity index (χ0n) is 11.9. The number of hydrogen-bond acceptors (Lipinski definition) is 4. The van der Waals surface area contributed by atoms with Gasteiger partial charge < -0.3 is 9.47 Å². The summed E-state index contributed by atoms with van der Waals surface area (Å²) in [5, 5.41) is 5.17. The van der Waals surface area contributed by atoms with Gasteiger partial charge in [0.2, 0.25) is 5.79 Å². The molecule has 114 valence electrons. The Morgan fingerprint density at radius 1 is 1.19 bits per heavy atom. The molecule has 0 aliphatic heterocycles. The summed E-state index contributed by atoms with van der Waals surface area (Å²) < 4.78 is 13.5. The van der Waals surface area contributed by atoms with Crippen molar-refractivity contribution in [3.63, 3.8) is 0 Å². The van der Waals surface area contributed by atoms with Crippen LogP contribution in [0.4, 0.5) is 0 Å². The molecule has 1 aromatic heterocycles. The van der Waals surface area contributed by atoms with Crippen LogP contribution in [0.5, 0.6) is 0 Å². The van der Waals surface area contributed by atoms with Gasteiger partial charge in [0.05, 0.1) is 5.02 Å². The third kappa shape index (κ3) is 3.74. The molecule has 7 heteroatoms. The molecule has 0 saturated carbocycles. The Kier molecular flexibility index (Phi) is 5.58. The Balaban J connectivity index is 2.46. The van der Waals surface area contributed by atoms with Crippen molar-refractivity contribution in [2.75, 3.05) is 13.2 Å². The summed E-state index contributed by atoms with van der Waals surface area (Å²) in [5.74, 6) is -1.03. The predicted octanol–water partition coefficient (Wildman–Crippen LogP) is 3.51. The quantitative estimate of drug-likeness (QED) is 0.729. The standard InChI is InChI=1S/C14H17Cl2N3O2/c1-3-20-14(21-4-2,8-19-10-17-9-18-19)12-6-5-11(15)7-13(12)16/h5-7,9-10H,3-4,8H2,1-2H3. The summed E-state index contributed by atoms with van der Waals surface area (Å²) in [4.78, 5) is 3.94. The van der Waals surface area contributed by atoms with Gasteiger partial charge in [-0.2, -0.15) is 5.10 Å². The average molecular weight is 330 g/mol. The molecular formula is C14H17Cl2N3O2. The first-order valence-corrected chi connectivity index (χ1v) is 7.42. The number of nitrogens with zero attached hydrogens (tertiary/aromatic N) is 3. The first kappa shape index (κ1) is 16.2. The first-order chi connectivity index (χ1) is 10.1. The van der Waals surface area contributed by atoms with Crippen molar-refractivity contribution >= 4 is 23.2 Å². The lowest BCUT2D eigenvalue weighted by molar-refractivity contribution is -0.251. The lowest BCUT2D eigenvalue weighted by Crippen LogP contribution is -2.38. The topological polar surface area (TPSA) is 49.2 Å². The highest BCUT2D eigenvalue weighted by molar-refractivity contribution is 6.35. The summed E-state index contributed by atoms with van der Waals surface area (Å²) in [6, 6.07) is 5.25. The van der Waals surface area contributed by atoms with Crippen molar-refractivity contribution in [3.05, 3.63) is 46.5 Å². The molecule has 1 heterocycles. The summed E-state index contributed by atoms with van der Waals surface area (Å²) in [5.41, 5.74) is 0.716. The van der Waals surface area contributed by atoms with E-state index in [4.69, 9.17) is 32.7 Å². The van der Waals surface area contributed by atoms with Crippen LogP contribution in [-0.4, -0.2) is 28.0 Å². The Morgan fingerprint density at radius 2 is 1.90 bits per heavy atom. The highest BCUT2D eigenvalue weighted by atomic mass is 35.5. The van der Waals surface area contributed by atoms with E-state index < -0.39 is 5.79 Å². The van der Waals surface area contributed by atoms with Crippen LogP contribution < -0.4 is 0 Å². The molecule has 0 atom stereocenters. The number of hydrogen-bond donors (Lipinski definition) is 0. The highest BCUT2D eigenvalue weighted by Gasteiger charge is 2.37. The van der Waals surface area contributed by atoms with Gasteiger partial charge in [0.1, 0.15) is 19.2 Å². The molecule has 0 unspecified atom stereocenters. The van der Waals surface area contributed by atoms with Gasteiger partial charge in [-0.1, -0.05) is 29.3 Å². The molecule has 0 radical (unpaired) electrons. The predicted molar refractivity (Wildman–Crippen MR) is 81.4 cm³/mol. The van der Waals surface area contributed by atoms with Crippen LogP contribution >= 0.6 is 23.2 Å². The molecule has 21 heavy (non-hydrogen) atoms. The van der Waals surface area contributed by atoms with Crippen molar-refractivity contribution in [2.24, 2.45) is 0 Å². The SMILES string of the molecule is CCOC(Cn1cncn1)(OCC)c1ccc(Cl)cc1Cl. The maximum absolute atomic E-state index is 6.34. The smallest absolute Gasteiger partial charge is 0.216 e. The largest absolute Gasteiger partial charge is 0.345 e. The Hall–Kier alpha value is -1.14. The molecule has 0 amide bonds. The van der Waals surface area contributed by atoms with E-state index in [-0.39, 0.29) is 0 Å². The second-order valence-electron chi connectivity index (χ2n) is 4.34. The van der Waals surface area contributed by atoms with Crippen LogP contribution in [0, 0.1) is 0 Å². The summed E-state index contributed by atoms with van der Waals surface area (Å²) in [6.45, 7) is 5.08. The van der Waals surface area contributed by atoms with Gasteiger partial charge >= 0.3 is 0 Å². The molecule has 2 rings (SSSR count). The summed E-state index contributed by atoms with van der Waals surface area (Å²) >= 11 is 12.3. The number of rotatable bonds is 7. The van der Waals surface area contributed by atoms with Gasteiger partial charge in [-0.05, 0) is 26.0 Å². The first-order valence-electron chi connectivity index (χ1n) is 6.67. The molecule has 2 aromatic rings. The van der Waals surface area contributed by atoms with E-state index in [0.29, 0.717) is 35.4 Å². The van der Waals surface area contributed by atoms with Gasteiger partial charge in [0.15, 0.2) is 0 Å². The van der Waals surface area contributed by atoms with Crippen LogP contribution in [0.15, 0.2) is 30.9 Å². The van der Waals surface area contributed by atoms with E-state index in [1.54, 1.807) is 23.1 Å². The lowest BCUT2D eigenvalue weighted by Gasteiger charge is -2.34. The fourth-order valence-corrected chi connectivity index (χ4v) is 2.72. The van der Waals surface area contributed by atoms with E-state index in [1.807, 2.05) is 19.9 Å². The Morgan fingerprint density at radius 3 is 2.43 bits per heavy atom. The average Bonchev–Trinajstić information content (AvgIpc) is 2.91. The van der Waals surface area contributed by atoms with Crippen molar-refractivity contribution in [1.29, 1.82) is 0 Å². The minimum absolute atomic E-state index is 0.343. The number of aromatic nitrogens is 3. The van der Waals surface area contributed by atoms with Gasteiger partial charge in [-0.25, -0.2) is 9.67 Å². The second-order valence-corrected chi connectivity index (χ2v) is 5.18. The molecule has 0 bridgehead atoms. The fraction of sp³-hybridized carbons (Fsp3) is 0.429. The van der Waals surface area contributed by atoms with Crippen LogP contribution in [0.2, 0.25) is 10.0 Å². The fourth-order valence-electron chi connectivity index (χ4n) is 2.17. The minimum atomic E-state index is -1.03. The van der Waals surface area contributed by atoms with Gasteiger partial charge in [0, 0.05) is 23.8 Å². The zero-order chi connectivity index (χ0) is 15.3. The zero-order valence-corrected chi connectivity index (χ0v) is 13.4. The third-order valence-electron chi connectivity index (χ3n) is 2.93. The number of benzene rings is 1. The normalized spacial score (nSPS) is 11.8. The van der Waals surface area contributed by atoms with Crippen molar-refractivity contribution < 1.29 is 9.47 Å². The van der Waals surface area contributed by atoms with E-state index >= 15 is 0 Å². The van der Waals surface area contributed by atoms with Gasteiger partial charge in [-0.3, -0.25) is 0 Å². The van der Waals surface area contributed by atoms with E-state index in [1.165, 1.54) is 6.33 Å². The Labute approximate surface area is 133 Å². The molecular weight excluding hydrogens is 313 g/mol. The molecule has 0 spiro atoms. The van der Waals surface area contributed by atoms with Crippen molar-refractivity contribution in [2.45, 2.75) is 26.2 Å². The van der Waals surface area contributed by atoms with Crippen LogP contribution in [-0.2, 0) is 21.8 Å². The van der Waals surface area contributed by atoms with Gasteiger partial charge in [-0.15, -0.1) is 0 Å². The van der Waals surface area contributed by atoms with Crippen LogP contribution in [0.3, 0.4) is 0 Å². The molecule has 0 aliphatic carbocycles. The van der Waals surface area contributed by atoms with Crippen LogP contribution in [0.1, 0.15) is 19.4 Å². The molecule has 0 aliphatic rings. The third-order valence-corrected chi connectivity index (χ3v) is 3.48. The van der Waals surface area contributed by atoms with Crippen molar-refractivity contribution in [1.82, 2.24) is 14.8 Å². The van der Waals surface area contributed by atoms with E-state index in [0.717, 1.165) is 0 Å². The summed E-state index contributed by atoms with van der Waals surface area (Å²) in [7, 11) is 0. The minimum Gasteiger partial charge on any atom is -0.345 e. The van der Waals surface area contributed by atoms with Crippen molar-refractivity contribution in [3.8, 4) is 0 Å². The van der Waals surface area contributed by atoms with E-state index in [9.17, 15) is 0 Å². The van der Waals surface area contributed by atoms with Gasteiger partial charge in [0.25, 0.3) is 0 Å². The monoisotopic (exact) mass is 329 g/mol. The van der Waals surface area contributed by atoms with E-state index in [2.05, 4.69) is 10.1 Å².